The van der Waals surface area contributed by atoms with Gasteiger partial charge in [-0.05, 0) is 24.5 Å². The number of nitrogens with zero attached hydrogens (tertiary/aromatic N) is 5. The molecule has 116 valence electrons. The van der Waals surface area contributed by atoms with Crippen molar-refractivity contribution in [1.82, 2.24) is 19.9 Å². The van der Waals surface area contributed by atoms with Gasteiger partial charge in [-0.25, -0.2) is 0 Å². The maximum absolute atomic E-state index is 5.72. The zero-order valence-electron chi connectivity index (χ0n) is 12.5. The molecule has 0 amide bonds. The van der Waals surface area contributed by atoms with Gasteiger partial charge < -0.3 is 4.74 Å². The first kappa shape index (κ1) is 15.2. The zero-order valence-corrected chi connectivity index (χ0v) is 13.3. The molecule has 1 aromatic carbocycles. The van der Waals surface area contributed by atoms with E-state index < -0.39 is 0 Å². The fourth-order valence-corrected chi connectivity index (χ4v) is 2.32. The largest absolute Gasteiger partial charge is 0.486 e. The van der Waals surface area contributed by atoms with Crippen molar-refractivity contribution < 1.29 is 4.74 Å². The monoisotopic (exact) mass is 325 g/mol. The molecule has 6 nitrogen and oxygen atoms in total. The Morgan fingerprint density at radius 1 is 1.17 bits per heavy atom. The van der Waals surface area contributed by atoms with Crippen LogP contribution in [0.3, 0.4) is 0 Å². The predicted molar refractivity (Wildman–Crippen MR) is 89.8 cm³/mol. The number of aromatic nitrogens is 4. The molecule has 0 bridgehead atoms. The van der Waals surface area contributed by atoms with E-state index in [1.807, 2.05) is 48.7 Å². The molecular weight excluding hydrogens is 310 g/mol. The molecule has 23 heavy (non-hydrogen) atoms. The fraction of sp³-hybridized carbons (Fsp3) is 0.125. The average Bonchev–Trinajstić information content (AvgIpc) is 3.02. The normalized spacial score (nSPS) is 11.0. The Morgan fingerprint density at radius 2 is 2.04 bits per heavy atom. The van der Waals surface area contributed by atoms with Gasteiger partial charge in [0.15, 0.2) is 5.82 Å². The van der Waals surface area contributed by atoms with E-state index in [-0.39, 0.29) is 0 Å². The van der Waals surface area contributed by atoms with E-state index in [2.05, 4.69) is 20.3 Å². The molecule has 0 saturated carbocycles. The minimum absolute atomic E-state index is 0.294. The van der Waals surface area contributed by atoms with E-state index in [1.165, 1.54) is 11.8 Å². The van der Waals surface area contributed by atoms with Gasteiger partial charge >= 0.3 is 0 Å². The molecule has 0 aliphatic heterocycles. The van der Waals surface area contributed by atoms with E-state index in [4.69, 9.17) is 4.74 Å². The lowest BCUT2D eigenvalue weighted by atomic mass is 10.3. The molecule has 0 aliphatic carbocycles. The molecule has 0 atom stereocenters. The van der Waals surface area contributed by atoms with Crippen molar-refractivity contribution in [2.45, 2.75) is 11.8 Å². The summed E-state index contributed by atoms with van der Waals surface area (Å²) >= 11 is 1.48. The Kier molecular flexibility index (Phi) is 5.00. The number of ether oxygens (including phenoxy) is 1. The first-order chi connectivity index (χ1) is 11.4. The molecule has 0 radical (unpaired) electrons. The Morgan fingerprint density at radius 3 is 2.78 bits per heavy atom. The van der Waals surface area contributed by atoms with Crippen LogP contribution in [0.1, 0.15) is 11.4 Å². The van der Waals surface area contributed by atoms with E-state index >= 15 is 0 Å². The highest BCUT2D eigenvalue weighted by Crippen LogP contribution is 2.16. The van der Waals surface area contributed by atoms with Crippen LogP contribution in [0.25, 0.3) is 0 Å². The van der Waals surface area contributed by atoms with Crippen LogP contribution >= 0.6 is 11.8 Å². The summed E-state index contributed by atoms with van der Waals surface area (Å²) in [5.74, 6) is 1.42. The Labute approximate surface area is 138 Å². The van der Waals surface area contributed by atoms with Crippen LogP contribution in [0.15, 0.2) is 65.1 Å². The van der Waals surface area contributed by atoms with Crippen molar-refractivity contribution in [2.75, 3.05) is 6.26 Å². The SMILES string of the molecule is CSc1nnc(COc2ccccc2)n1/N=C\c1cccnc1. The van der Waals surface area contributed by atoms with Gasteiger partial charge in [-0.1, -0.05) is 36.0 Å². The lowest BCUT2D eigenvalue weighted by Gasteiger charge is -2.05. The highest BCUT2D eigenvalue weighted by molar-refractivity contribution is 7.98. The van der Waals surface area contributed by atoms with Crippen LogP contribution in [0, 0.1) is 0 Å². The van der Waals surface area contributed by atoms with Crippen LogP contribution in [0.2, 0.25) is 0 Å². The summed E-state index contributed by atoms with van der Waals surface area (Å²) in [6.07, 6.45) is 7.12. The fourth-order valence-electron chi connectivity index (χ4n) is 1.87. The van der Waals surface area contributed by atoms with Crippen LogP contribution in [-0.2, 0) is 6.61 Å². The number of hydrogen-bond acceptors (Lipinski definition) is 6. The van der Waals surface area contributed by atoms with E-state index in [9.17, 15) is 0 Å². The van der Waals surface area contributed by atoms with E-state index in [1.54, 1.807) is 23.3 Å². The minimum atomic E-state index is 0.294. The smallest absolute Gasteiger partial charge is 0.211 e. The molecule has 7 heteroatoms. The van der Waals surface area contributed by atoms with Gasteiger partial charge in [0.2, 0.25) is 5.16 Å². The summed E-state index contributed by atoms with van der Waals surface area (Å²) in [6, 6.07) is 13.4. The number of benzene rings is 1. The summed E-state index contributed by atoms with van der Waals surface area (Å²) in [5.41, 5.74) is 0.906. The highest BCUT2D eigenvalue weighted by Gasteiger charge is 2.11. The third-order valence-corrected chi connectivity index (χ3v) is 3.60. The van der Waals surface area contributed by atoms with Crippen molar-refractivity contribution in [2.24, 2.45) is 5.10 Å². The molecule has 0 spiro atoms. The summed E-state index contributed by atoms with van der Waals surface area (Å²) in [7, 11) is 0. The number of rotatable bonds is 6. The van der Waals surface area contributed by atoms with E-state index in [0.717, 1.165) is 11.3 Å². The lowest BCUT2D eigenvalue weighted by Crippen LogP contribution is -2.04. The predicted octanol–water partition coefficient (Wildman–Crippen LogP) is 2.86. The first-order valence-corrected chi connectivity index (χ1v) is 8.20. The molecular formula is C16H15N5OS. The third-order valence-electron chi connectivity index (χ3n) is 2.98. The van der Waals surface area contributed by atoms with Crippen LogP contribution in [0.5, 0.6) is 5.75 Å². The Hall–Kier alpha value is -2.67. The van der Waals surface area contributed by atoms with Crippen LogP contribution in [0.4, 0.5) is 0 Å². The molecule has 3 rings (SSSR count). The summed E-state index contributed by atoms with van der Waals surface area (Å²) in [5, 5.41) is 13.4. The number of para-hydroxylation sites is 1. The molecule has 2 aromatic heterocycles. The maximum Gasteiger partial charge on any atom is 0.211 e. The second-order valence-electron chi connectivity index (χ2n) is 4.55. The Bertz CT molecular complexity index is 774. The first-order valence-electron chi connectivity index (χ1n) is 6.97. The standard InChI is InChI=1S/C16H15N5OS/c1-23-16-20-19-15(12-22-14-7-3-2-4-8-14)21(16)18-11-13-6-5-9-17-10-13/h2-11H,12H2,1H3/b18-11-. The molecule has 0 aliphatic rings. The molecule has 0 N–H and O–H groups in total. The van der Waals surface area contributed by atoms with E-state index in [0.29, 0.717) is 17.6 Å². The highest BCUT2D eigenvalue weighted by atomic mass is 32.2. The lowest BCUT2D eigenvalue weighted by molar-refractivity contribution is 0.290. The molecule has 0 unspecified atom stereocenters. The van der Waals surface area contributed by atoms with Crippen LogP contribution < -0.4 is 4.74 Å². The van der Waals surface area contributed by atoms with Crippen molar-refractivity contribution in [3.05, 3.63) is 66.2 Å². The van der Waals surface area contributed by atoms with Crippen molar-refractivity contribution >= 4 is 18.0 Å². The molecule has 2 heterocycles. The third kappa shape index (κ3) is 3.95. The second-order valence-corrected chi connectivity index (χ2v) is 5.32. The van der Waals surface area contributed by atoms with Gasteiger partial charge in [0.1, 0.15) is 12.4 Å². The number of hydrogen-bond donors (Lipinski definition) is 0. The summed E-state index contributed by atoms with van der Waals surface area (Å²) in [4.78, 5) is 4.06. The number of pyridine rings is 1. The van der Waals surface area contributed by atoms with Gasteiger partial charge in [0, 0.05) is 18.0 Å². The quantitative estimate of drug-likeness (QED) is 0.515. The van der Waals surface area contributed by atoms with Gasteiger partial charge in [0.05, 0.1) is 6.21 Å². The van der Waals surface area contributed by atoms with Crippen molar-refractivity contribution in [3.8, 4) is 5.75 Å². The molecule has 3 aromatic rings. The van der Waals surface area contributed by atoms with Crippen LogP contribution in [-0.4, -0.2) is 32.3 Å². The second kappa shape index (κ2) is 7.55. The van der Waals surface area contributed by atoms with Gasteiger partial charge in [-0.3, -0.25) is 4.98 Å². The topological polar surface area (TPSA) is 65.2 Å². The zero-order chi connectivity index (χ0) is 15.9. The van der Waals surface area contributed by atoms with Gasteiger partial charge in [-0.2, -0.15) is 9.78 Å². The minimum Gasteiger partial charge on any atom is -0.486 e. The number of thioether (sulfide) groups is 1. The molecule has 0 fully saturated rings. The Balaban J connectivity index is 1.78. The van der Waals surface area contributed by atoms with Gasteiger partial charge in [-0.15, -0.1) is 10.2 Å². The maximum atomic E-state index is 5.72. The summed E-state index contributed by atoms with van der Waals surface area (Å²) < 4.78 is 7.40. The average molecular weight is 325 g/mol. The van der Waals surface area contributed by atoms with Crippen molar-refractivity contribution in [3.63, 3.8) is 0 Å². The molecule has 0 saturated heterocycles. The van der Waals surface area contributed by atoms with Gasteiger partial charge in [0.25, 0.3) is 0 Å². The summed E-state index contributed by atoms with van der Waals surface area (Å²) in [6.45, 7) is 0.294. The van der Waals surface area contributed by atoms with Crippen molar-refractivity contribution in [1.29, 1.82) is 0 Å².